The zero-order valence-corrected chi connectivity index (χ0v) is 20.1. The van der Waals surface area contributed by atoms with E-state index in [-0.39, 0.29) is 17.4 Å². The zero-order valence-electron chi connectivity index (χ0n) is 17.8. The van der Waals surface area contributed by atoms with Gasteiger partial charge in [-0.25, -0.2) is 4.79 Å². The molecule has 0 radical (unpaired) electrons. The van der Waals surface area contributed by atoms with Gasteiger partial charge in [0, 0.05) is 32.1 Å². The summed E-state index contributed by atoms with van der Waals surface area (Å²) in [4.78, 5) is 12.9. The largest absolute Gasteiger partial charge is 0.449 e. The van der Waals surface area contributed by atoms with E-state index in [1.54, 1.807) is 43.3 Å². The molecule has 168 valence electrons. The van der Waals surface area contributed by atoms with Gasteiger partial charge in [-0.3, -0.25) is 0 Å². The average Bonchev–Trinajstić information content (AvgIpc) is 3.14. The van der Waals surface area contributed by atoms with E-state index in [0.717, 1.165) is 21.0 Å². The highest BCUT2D eigenvalue weighted by molar-refractivity contribution is 9.10. The molecule has 1 aromatic heterocycles. The average molecular weight is 536 g/mol. The molecule has 0 saturated heterocycles. The Kier molecular flexibility index (Phi) is 5.56. The standard InChI is InChI=1S/C26H16BrClN2O4/c1-13-19-10-16(28)6-9-21(19)33-24(13)26(31)32-17-7-8-18-22(11-17)34-25(30)20(12-29)23(18)14-2-4-15(27)5-3-14/h2-11,23H,30H2,1H3. The van der Waals surface area contributed by atoms with Gasteiger partial charge in [0.15, 0.2) is 0 Å². The SMILES string of the molecule is Cc1c(C(=O)Oc2ccc3c(c2)OC(N)=C(C#N)C3c2ccc(Br)cc2)oc2ccc(Cl)cc12. The summed E-state index contributed by atoms with van der Waals surface area (Å²) < 4.78 is 17.9. The molecule has 0 amide bonds. The van der Waals surface area contributed by atoms with Crippen LogP contribution >= 0.6 is 27.5 Å². The number of carbonyl (C=O) groups is 1. The minimum atomic E-state index is -0.647. The zero-order chi connectivity index (χ0) is 24.0. The second-order valence-electron chi connectivity index (χ2n) is 7.76. The number of esters is 1. The van der Waals surface area contributed by atoms with Crippen LogP contribution in [0.4, 0.5) is 0 Å². The summed E-state index contributed by atoms with van der Waals surface area (Å²) in [6.07, 6.45) is 0. The number of halogens is 2. The molecule has 5 rings (SSSR count). The van der Waals surface area contributed by atoms with Crippen molar-refractivity contribution in [1.29, 1.82) is 5.26 Å². The van der Waals surface area contributed by atoms with Crippen molar-refractivity contribution in [3.8, 4) is 17.6 Å². The first-order valence-corrected chi connectivity index (χ1v) is 11.4. The number of nitrogens with two attached hydrogens (primary N) is 1. The lowest BCUT2D eigenvalue weighted by molar-refractivity contribution is 0.0702. The van der Waals surface area contributed by atoms with Gasteiger partial charge in [-0.05, 0) is 48.9 Å². The van der Waals surface area contributed by atoms with Crippen LogP contribution in [0.5, 0.6) is 11.5 Å². The lowest BCUT2D eigenvalue weighted by Crippen LogP contribution is -2.21. The van der Waals surface area contributed by atoms with Gasteiger partial charge in [0.2, 0.25) is 11.6 Å². The Balaban J connectivity index is 1.49. The van der Waals surface area contributed by atoms with Crippen LogP contribution < -0.4 is 15.2 Å². The minimum Gasteiger partial charge on any atom is -0.449 e. The molecule has 0 bridgehead atoms. The lowest BCUT2D eigenvalue weighted by Gasteiger charge is -2.26. The second-order valence-corrected chi connectivity index (χ2v) is 9.11. The molecule has 0 aliphatic carbocycles. The third kappa shape index (κ3) is 3.81. The van der Waals surface area contributed by atoms with Crippen molar-refractivity contribution in [3.63, 3.8) is 0 Å². The second kappa shape index (κ2) is 8.56. The van der Waals surface area contributed by atoms with Crippen molar-refractivity contribution in [2.45, 2.75) is 12.8 Å². The number of hydrogen-bond donors (Lipinski definition) is 1. The van der Waals surface area contributed by atoms with Crippen LogP contribution in [0.1, 0.15) is 33.2 Å². The Morgan fingerprint density at radius 1 is 1.15 bits per heavy atom. The smallest absolute Gasteiger partial charge is 0.379 e. The number of allylic oxidation sites excluding steroid dienone is 1. The fraction of sp³-hybridized carbons (Fsp3) is 0.0769. The van der Waals surface area contributed by atoms with E-state index in [1.807, 2.05) is 24.3 Å². The molecule has 0 fully saturated rings. The number of hydrogen-bond acceptors (Lipinski definition) is 6. The number of rotatable bonds is 3. The van der Waals surface area contributed by atoms with Gasteiger partial charge in [-0.15, -0.1) is 0 Å². The van der Waals surface area contributed by atoms with Crippen LogP contribution in [-0.4, -0.2) is 5.97 Å². The highest BCUT2D eigenvalue weighted by Gasteiger charge is 2.31. The monoisotopic (exact) mass is 534 g/mol. The normalized spacial score (nSPS) is 14.9. The molecule has 1 atom stereocenters. The maximum absolute atomic E-state index is 12.9. The Morgan fingerprint density at radius 2 is 1.91 bits per heavy atom. The Labute approximate surface area is 208 Å². The molecule has 6 nitrogen and oxygen atoms in total. The fourth-order valence-corrected chi connectivity index (χ4v) is 4.48. The predicted molar refractivity (Wildman–Crippen MR) is 131 cm³/mol. The van der Waals surface area contributed by atoms with Gasteiger partial charge in [0.25, 0.3) is 0 Å². The van der Waals surface area contributed by atoms with Crippen molar-refractivity contribution in [2.75, 3.05) is 0 Å². The number of furan rings is 1. The van der Waals surface area contributed by atoms with Crippen LogP contribution in [0, 0.1) is 18.3 Å². The van der Waals surface area contributed by atoms with E-state index in [0.29, 0.717) is 27.5 Å². The van der Waals surface area contributed by atoms with E-state index in [9.17, 15) is 10.1 Å². The molecular formula is C26H16BrClN2O4. The van der Waals surface area contributed by atoms with E-state index >= 15 is 0 Å². The number of nitriles is 1. The van der Waals surface area contributed by atoms with Crippen molar-refractivity contribution in [3.05, 3.63) is 104 Å². The molecule has 1 aliphatic heterocycles. The van der Waals surface area contributed by atoms with Crippen molar-refractivity contribution in [1.82, 2.24) is 0 Å². The number of benzene rings is 3. The number of fused-ring (bicyclic) bond motifs is 2. The first-order valence-electron chi connectivity index (χ1n) is 10.2. The molecule has 34 heavy (non-hydrogen) atoms. The van der Waals surface area contributed by atoms with Gasteiger partial charge in [0.1, 0.15) is 28.7 Å². The predicted octanol–water partition coefficient (Wildman–Crippen LogP) is 6.59. The summed E-state index contributed by atoms with van der Waals surface area (Å²) in [6, 6.07) is 19.9. The lowest BCUT2D eigenvalue weighted by atomic mass is 9.83. The summed E-state index contributed by atoms with van der Waals surface area (Å²) in [5.74, 6) is -0.293. The highest BCUT2D eigenvalue weighted by Crippen LogP contribution is 2.43. The molecular weight excluding hydrogens is 520 g/mol. The first kappa shape index (κ1) is 22.1. The topological polar surface area (TPSA) is 98.5 Å². The first-order chi connectivity index (χ1) is 16.4. The minimum absolute atomic E-state index is 0.0106. The van der Waals surface area contributed by atoms with Crippen molar-refractivity contribution in [2.24, 2.45) is 5.73 Å². The molecule has 0 spiro atoms. The van der Waals surface area contributed by atoms with E-state index in [1.165, 1.54) is 0 Å². The maximum atomic E-state index is 12.9. The van der Waals surface area contributed by atoms with Gasteiger partial charge >= 0.3 is 5.97 Å². The van der Waals surface area contributed by atoms with Gasteiger partial charge in [-0.2, -0.15) is 5.26 Å². The Hall–Kier alpha value is -3.73. The van der Waals surface area contributed by atoms with Gasteiger partial charge in [-0.1, -0.05) is 45.7 Å². The molecule has 1 aliphatic rings. The third-order valence-electron chi connectivity index (χ3n) is 5.69. The van der Waals surface area contributed by atoms with E-state index in [4.69, 9.17) is 31.2 Å². The summed E-state index contributed by atoms with van der Waals surface area (Å²) in [6.45, 7) is 1.77. The maximum Gasteiger partial charge on any atom is 0.379 e. The van der Waals surface area contributed by atoms with Crippen LogP contribution in [0.3, 0.4) is 0 Å². The highest BCUT2D eigenvalue weighted by atomic mass is 79.9. The van der Waals surface area contributed by atoms with Gasteiger partial charge in [0.05, 0.1) is 5.92 Å². The molecule has 2 N–H and O–H groups in total. The molecule has 0 saturated carbocycles. The quantitative estimate of drug-likeness (QED) is 0.235. The third-order valence-corrected chi connectivity index (χ3v) is 6.45. The number of aryl methyl sites for hydroxylation is 1. The number of carbonyl (C=O) groups excluding carboxylic acids is 1. The summed E-state index contributed by atoms with van der Waals surface area (Å²) in [5.41, 5.74) is 9.19. The summed E-state index contributed by atoms with van der Waals surface area (Å²) in [7, 11) is 0. The van der Waals surface area contributed by atoms with Crippen molar-refractivity contribution >= 4 is 44.5 Å². The molecule has 1 unspecified atom stereocenters. The van der Waals surface area contributed by atoms with Crippen LogP contribution in [0.25, 0.3) is 11.0 Å². The van der Waals surface area contributed by atoms with Gasteiger partial charge < -0.3 is 19.6 Å². The Bertz CT molecular complexity index is 1530. The van der Waals surface area contributed by atoms with Crippen LogP contribution in [-0.2, 0) is 0 Å². The molecule has 2 heterocycles. The van der Waals surface area contributed by atoms with Crippen LogP contribution in [0.2, 0.25) is 5.02 Å². The summed E-state index contributed by atoms with van der Waals surface area (Å²) >= 11 is 9.49. The Morgan fingerprint density at radius 3 is 2.65 bits per heavy atom. The number of nitrogens with zero attached hydrogens (tertiary/aromatic N) is 1. The molecule has 4 aromatic rings. The number of ether oxygens (including phenoxy) is 2. The molecule has 8 heteroatoms. The fourth-order valence-electron chi connectivity index (χ4n) is 4.04. The van der Waals surface area contributed by atoms with E-state index < -0.39 is 11.9 Å². The molecule has 3 aromatic carbocycles. The van der Waals surface area contributed by atoms with E-state index in [2.05, 4.69) is 22.0 Å². The summed E-state index contributed by atoms with van der Waals surface area (Å²) in [5, 5.41) is 11.0. The van der Waals surface area contributed by atoms with Crippen molar-refractivity contribution < 1.29 is 18.7 Å². The van der Waals surface area contributed by atoms with Crippen LogP contribution in [0.15, 0.2) is 81.0 Å².